The molecule has 1 aromatic carbocycles. The SMILES string of the molecule is CNC(Cc1ccccc1Br)Cc1c(C)nn(C)c1C. The second kappa shape index (κ2) is 6.55. The van der Waals surface area contributed by atoms with E-state index >= 15 is 0 Å². The molecule has 0 aliphatic carbocycles. The number of halogens is 1. The van der Waals surface area contributed by atoms with Crippen LogP contribution in [0.3, 0.4) is 0 Å². The molecule has 1 N–H and O–H groups in total. The van der Waals surface area contributed by atoms with Gasteiger partial charge in [0.15, 0.2) is 0 Å². The van der Waals surface area contributed by atoms with Gasteiger partial charge in [-0.1, -0.05) is 34.1 Å². The molecule has 2 aromatic rings. The minimum atomic E-state index is 0.412. The fourth-order valence-electron chi connectivity index (χ4n) is 2.56. The Labute approximate surface area is 129 Å². The van der Waals surface area contributed by atoms with Crippen molar-refractivity contribution in [2.75, 3.05) is 7.05 Å². The van der Waals surface area contributed by atoms with Crippen molar-refractivity contribution >= 4 is 15.9 Å². The van der Waals surface area contributed by atoms with Crippen LogP contribution in [0.5, 0.6) is 0 Å². The molecule has 1 atom stereocenters. The van der Waals surface area contributed by atoms with Crippen LogP contribution in [0.2, 0.25) is 0 Å². The highest BCUT2D eigenvalue weighted by atomic mass is 79.9. The number of nitrogens with one attached hydrogen (secondary N) is 1. The third kappa shape index (κ3) is 3.30. The van der Waals surface area contributed by atoms with E-state index in [1.165, 1.54) is 21.3 Å². The van der Waals surface area contributed by atoms with Crippen LogP contribution in [-0.4, -0.2) is 22.9 Å². The topological polar surface area (TPSA) is 29.9 Å². The summed E-state index contributed by atoms with van der Waals surface area (Å²) in [5, 5.41) is 7.93. The fourth-order valence-corrected chi connectivity index (χ4v) is 3.01. The highest BCUT2D eigenvalue weighted by Crippen LogP contribution is 2.20. The van der Waals surface area contributed by atoms with Crippen LogP contribution in [0.15, 0.2) is 28.7 Å². The molecule has 1 unspecified atom stereocenters. The minimum absolute atomic E-state index is 0.412. The first-order valence-corrected chi connectivity index (χ1v) is 7.72. The maximum atomic E-state index is 4.50. The smallest absolute Gasteiger partial charge is 0.0628 e. The summed E-state index contributed by atoms with van der Waals surface area (Å²) in [6, 6.07) is 8.83. The standard InChI is InChI=1S/C16H22BrN3/c1-11-15(12(2)20(4)19-11)10-14(18-3)9-13-7-5-6-8-16(13)17/h5-8,14,18H,9-10H2,1-4H3. The number of hydrogen-bond acceptors (Lipinski definition) is 2. The minimum Gasteiger partial charge on any atom is -0.316 e. The van der Waals surface area contributed by atoms with Gasteiger partial charge in [-0.3, -0.25) is 4.68 Å². The lowest BCUT2D eigenvalue weighted by atomic mass is 9.98. The van der Waals surface area contributed by atoms with E-state index in [1.54, 1.807) is 0 Å². The van der Waals surface area contributed by atoms with Gasteiger partial charge in [-0.05, 0) is 50.9 Å². The van der Waals surface area contributed by atoms with Gasteiger partial charge in [-0.2, -0.15) is 5.10 Å². The Morgan fingerprint density at radius 3 is 2.50 bits per heavy atom. The van der Waals surface area contributed by atoms with Gasteiger partial charge in [0.1, 0.15) is 0 Å². The Morgan fingerprint density at radius 2 is 1.95 bits per heavy atom. The van der Waals surface area contributed by atoms with Gasteiger partial charge >= 0.3 is 0 Å². The molecular formula is C16H22BrN3. The van der Waals surface area contributed by atoms with Gasteiger partial charge in [0.25, 0.3) is 0 Å². The average molecular weight is 336 g/mol. The zero-order valence-corrected chi connectivity index (χ0v) is 14.2. The van der Waals surface area contributed by atoms with Crippen LogP contribution in [0.4, 0.5) is 0 Å². The first kappa shape index (κ1) is 15.3. The van der Waals surface area contributed by atoms with E-state index in [2.05, 4.69) is 64.5 Å². The zero-order chi connectivity index (χ0) is 14.7. The second-order valence-electron chi connectivity index (χ2n) is 5.26. The Balaban J connectivity index is 2.15. The Kier molecular flexibility index (Phi) is 5.00. The van der Waals surface area contributed by atoms with E-state index in [0.717, 1.165) is 18.5 Å². The molecule has 20 heavy (non-hydrogen) atoms. The summed E-state index contributed by atoms with van der Waals surface area (Å²) in [6.45, 7) is 4.23. The maximum absolute atomic E-state index is 4.50. The Morgan fingerprint density at radius 1 is 1.25 bits per heavy atom. The maximum Gasteiger partial charge on any atom is 0.0628 e. The second-order valence-corrected chi connectivity index (χ2v) is 6.11. The molecular weight excluding hydrogens is 314 g/mol. The van der Waals surface area contributed by atoms with Crippen molar-refractivity contribution in [3.63, 3.8) is 0 Å². The van der Waals surface area contributed by atoms with Crippen molar-refractivity contribution in [1.29, 1.82) is 0 Å². The summed E-state index contributed by atoms with van der Waals surface area (Å²) in [5.41, 5.74) is 5.09. The molecule has 0 spiro atoms. The van der Waals surface area contributed by atoms with Crippen molar-refractivity contribution in [1.82, 2.24) is 15.1 Å². The summed E-state index contributed by atoms with van der Waals surface area (Å²) in [6.07, 6.45) is 2.01. The molecule has 0 radical (unpaired) electrons. The molecule has 0 fully saturated rings. The van der Waals surface area contributed by atoms with Crippen LogP contribution in [-0.2, 0) is 19.9 Å². The molecule has 1 aromatic heterocycles. The monoisotopic (exact) mass is 335 g/mol. The highest BCUT2D eigenvalue weighted by Gasteiger charge is 2.16. The van der Waals surface area contributed by atoms with E-state index in [4.69, 9.17) is 0 Å². The summed E-state index contributed by atoms with van der Waals surface area (Å²) in [4.78, 5) is 0. The summed E-state index contributed by atoms with van der Waals surface area (Å²) in [7, 11) is 4.04. The molecule has 0 saturated heterocycles. The average Bonchev–Trinajstić information content (AvgIpc) is 2.66. The van der Waals surface area contributed by atoms with Gasteiger partial charge in [0, 0.05) is 23.3 Å². The number of rotatable bonds is 5. The third-order valence-corrected chi connectivity index (χ3v) is 4.72. The molecule has 4 heteroatoms. The summed E-state index contributed by atoms with van der Waals surface area (Å²) < 4.78 is 3.15. The summed E-state index contributed by atoms with van der Waals surface area (Å²) >= 11 is 3.63. The predicted octanol–water partition coefficient (Wildman–Crippen LogP) is 3.17. The van der Waals surface area contributed by atoms with Crippen LogP contribution in [0.1, 0.15) is 22.5 Å². The molecule has 1 heterocycles. The first-order valence-electron chi connectivity index (χ1n) is 6.92. The Bertz CT molecular complexity index is 589. The van der Waals surface area contributed by atoms with Gasteiger partial charge in [0.05, 0.1) is 5.69 Å². The molecule has 0 saturated carbocycles. The van der Waals surface area contributed by atoms with E-state index in [-0.39, 0.29) is 0 Å². The first-order chi connectivity index (χ1) is 9.52. The highest BCUT2D eigenvalue weighted by molar-refractivity contribution is 9.10. The van der Waals surface area contributed by atoms with Gasteiger partial charge in [-0.15, -0.1) is 0 Å². The lowest BCUT2D eigenvalue weighted by Crippen LogP contribution is -2.30. The lowest BCUT2D eigenvalue weighted by molar-refractivity contribution is 0.553. The number of aromatic nitrogens is 2. The number of hydrogen-bond donors (Lipinski definition) is 1. The number of nitrogens with zero attached hydrogens (tertiary/aromatic N) is 2. The Hall–Kier alpha value is -1.13. The van der Waals surface area contributed by atoms with Gasteiger partial charge < -0.3 is 5.32 Å². The molecule has 108 valence electrons. The molecule has 3 nitrogen and oxygen atoms in total. The number of likely N-dealkylation sites (N-methyl/N-ethyl adjacent to an activating group) is 1. The van der Waals surface area contributed by atoms with E-state index in [0.29, 0.717) is 6.04 Å². The van der Waals surface area contributed by atoms with E-state index in [9.17, 15) is 0 Å². The number of benzene rings is 1. The molecule has 2 rings (SSSR count). The van der Waals surface area contributed by atoms with Crippen molar-refractivity contribution in [3.8, 4) is 0 Å². The third-order valence-electron chi connectivity index (χ3n) is 3.94. The molecule has 0 aliphatic rings. The van der Waals surface area contributed by atoms with Crippen LogP contribution < -0.4 is 5.32 Å². The van der Waals surface area contributed by atoms with Crippen molar-refractivity contribution in [2.24, 2.45) is 7.05 Å². The van der Waals surface area contributed by atoms with Crippen LogP contribution >= 0.6 is 15.9 Å². The van der Waals surface area contributed by atoms with Crippen LogP contribution in [0, 0.1) is 13.8 Å². The summed E-state index contributed by atoms with van der Waals surface area (Å²) in [5.74, 6) is 0. The van der Waals surface area contributed by atoms with Crippen molar-refractivity contribution < 1.29 is 0 Å². The lowest BCUT2D eigenvalue weighted by Gasteiger charge is -2.17. The number of aryl methyl sites for hydroxylation is 2. The molecule has 0 amide bonds. The normalized spacial score (nSPS) is 12.7. The molecule has 0 aliphatic heterocycles. The molecule has 0 bridgehead atoms. The fraction of sp³-hybridized carbons (Fsp3) is 0.438. The van der Waals surface area contributed by atoms with Crippen molar-refractivity contribution in [2.45, 2.75) is 32.7 Å². The van der Waals surface area contributed by atoms with E-state index < -0.39 is 0 Å². The largest absolute Gasteiger partial charge is 0.316 e. The quantitative estimate of drug-likeness (QED) is 0.909. The predicted molar refractivity (Wildman–Crippen MR) is 87.1 cm³/mol. The van der Waals surface area contributed by atoms with Gasteiger partial charge in [0.2, 0.25) is 0 Å². The van der Waals surface area contributed by atoms with Crippen molar-refractivity contribution in [3.05, 3.63) is 51.3 Å². The van der Waals surface area contributed by atoms with Gasteiger partial charge in [-0.25, -0.2) is 0 Å². The van der Waals surface area contributed by atoms with Crippen LogP contribution in [0.25, 0.3) is 0 Å². The van der Waals surface area contributed by atoms with E-state index in [1.807, 2.05) is 18.8 Å². The zero-order valence-electron chi connectivity index (χ0n) is 12.6.